The number of benzene rings is 1. The first-order valence-electron chi connectivity index (χ1n) is 7.96. The van der Waals surface area contributed by atoms with Crippen molar-refractivity contribution in [2.24, 2.45) is 0 Å². The Labute approximate surface area is 144 Å². The Bertz CT molecular complexity index is 597. The van der Waals surface area contributed by atoms with Crippen LogP contribution in [0.1, 0.15) is 45.7 Å². The second-order valence-electron chi connectivity index (χ2n) is 6.59. The standard InChI is InChI=1S/C19H27NO4/c1-7-13(2)15-10-8-14(9-11-15)12-16(17(21)23-6)20-18(22)24-19(3,4)5/h7-11,16H,12H2,1-6H3,(H,20,22)/b13-7+/t16-/m0/s1. The number of hydrogen-bond acceptors (Lipinski definition) is 4. The first kappa shape index (κ1) is 19.7. The number of alkyl carbamates (subject to hydrolysis) is 1. The molecule has 5 heteroatoms. The molecule has 0 fully saturated rings. The third kappa shape index (κ3) is 6.44. The molecule has 24 heavy (non-hydrogen) atoms. The molecule has 0 radical (unpaired) electrons. The third-order valence-corrected chi connectivity index (χ3v) is 3.46. The van der Waals surface area contributed by atoms with E-state index in [9.17, 15) is 9.59 Å². The number of hydrogen-bond donors (Lipinski definition) is 1. The summed E-state index contributed by atoms with van der Waals surface area (Å²) >= 11 is 0. The molecular weight excluding hydrogens is 306 g/mol. The van der Waals surface area contributed by atoms with E-state index in [-0.39, 0.29) is 0 Å². The number of esters is 1. The van der Waals surface area contributed by atoms with Crippen LogP contribution in [0.3, 0.4) is 0 Å². The molecule has 0 saturated heterocycles. The largest absolute Gasteiger partial charge is 0.467 e. The molecular formula is C19H27NO4. The van der Waals surface area contributed by atoms with Crippen molar-refractivity contribution in [1.82, 2.24) is 5.32 Å². The Morgan fingerprint density at radius 1 is 1.21 bits per heavy atom. The van der Waals surface area contributed by atoms with Gasteiger partial charge in [-0.25, -0.2) is 9.59 Å². The third-order valence-electron chi connectivity index (χ3n) is 3.46. The number of amides is 1. The quantitative estimate of drug-likeness (QED) is 0.834. The van der Waals surface area contributed by atoms with E-state index in [0.717, 1.165) is 11.1 Å². The molecule has 132 valence electrons. The van der Waals surface area contributed by atoms with Crippen molar-refractivity contribution < 1.29 is 19.1 Å². The van der Waals surface area contributed by atoms with Crippen molar-refractivity contribution in [2.45, 2.75) is 52.7 Å². The highest BCUT2D eigenvalue weighted by molar-refractivity contribution is 5.81. The summed E-state index contributed by atoms with van der Waals surface area (Å²) in [6, 6.07) is 7.07. The molecule has 0 aromatic heterocycles. The Hall–Kier alpha value is -2.30. The summed E-state index contributed by atoms with van der Waals surface area (Å²) in [5, 5.41) is 2.57. The highest BCUT2D eigenvalue weighted by Crippen LogP contribution is 2.15. The van der Waals surface area contributed by atoms with Crippen molar-refractivity contribution in [3.63, 3.8) is 0 Å². The van der Waals surface area contributed by atoms with Crippen LogP contribution in [0.5, 0.6) is 0 Å². The van der Waals surface area contributed by atoms with Gasteiger partial charge in [0, 0.05) is 6.42 Å². The van der Waals surface area contributed by atoms with Crippen LogP contribution in [0.2, 0.25) is 0 Å². The Morgan fingerprint density at radius 2 is 1.79 bits per heavy atom. The lowest BCUT2D eigenvalue weighted by molar-refractivity contribution is -0.143. The summed E-state index contributed by atoms with van der Waals surface area (Å²) < 4.78 is 9.98. The summed E-state index contributed by atoms with van der Waals surface area (Å²) in [6.07, 6.45) is 1.73. The average molecular weight is 333 g/mol. The molecule has 0 bridgehead atoms. The van der Waals surface area contributed by atoms with Crippen LogP contribution in [0.25, 0.3) is 5.57 Å². The van der Waals surface area contributed by atoms with Crippen LogP contribution >= 0.6 is 0 Å². The van der Waals surface area contributed by atoms with Gasteiger partial charge in [-0.2, -0.15) is 0 Å². The number of allylic oxidation sites excluding steroid dienone is 2. The van der Waals surface area contributed by atoms with Crippen LogP contribution in [0, 0.1) is 0 Å². The Kier molecular flexibility index (Phi) is 7.01. The minimum absolute atomic E-state index is 0.334. The second-order valence-corrected chi connectivity index (χ2v) is 6.59. The molecule has 1 aromatic carbocycles. The predicted octanol–water partition coefficient (Wildman–Crippen LogP) is 3.72. The molecule has 5 nitrogen and oxygen atoms in total. The molecule has 1 aromatic rings. The Balaban J connectivity index is 2.83. The lowest BCUT2D eigenvalue weighted by Gasteiger charge is -2.22. The van der Waals surface area contributed by atoms with Crippen LogP contribution in [0.4, 0.5) is 4.79 Å². The summed E-state index contributed by atoms with van der Waals surface area (Å²) in [4.78, 5) is 23.9. The molecule has 1 rings (SSSR count). The molecule has 0 aliphatic heterocycles. The van der Waals surface area contributed by atoms with Gasteiger partial charge in [0.25, 0.3) is 0 Å². The fourth-order valence-electron chi connectivity index (χ4n) is 2.09. The van der Waals surface area contributed by atoms with E-state index in [1.165, 1.54) is 12.7 Å². The number of carbonyl (C=O) groups is 2. The molecule has 0 unspecified atom stereocenters. The maximum atomic E-state index is 11.9. The zero-order valence-corrected chi connectivity index (χ0v) is 15.3. The normalized spacial score (nSPS) is 13.2. The molecule has 1 atom stereocenters. The van der Waals surface area contributed by atoms with Crippen LogP contribution in [0.15, 0.2) is 30.3 Å². The van der Waals surface area contributed by atoms with Gasteiger partial charge in [-0.05, 0) is 51.3 Å². The maximum Gasteiger partial charge on any atom is 0.408 e. The summed E-state index contributed by atoms with van der Waals surface area (Å²) in [5.74, 6) is -0.505. The fraction of sp³-hybridized carbons (Fsp3) is 0.474. The maximum absolute atomic E-state index is 11.9. The van der Waals surface area contributed by atoms with Gasteiger partial charge in [0.2, 0.25) is 0 Å². The van der Waals surface area contributed by atoms with E-state index < -0.39 is 23.7 Å². The fourth-order valence-corrected chi connectivity index (χ4v) is 2.09. The molecule has 1 N–H and O–H groups in total. The first-order valence-corrected chi connectivity index (χ1v) is 7.96. The number of nitrogens with one attached hydrogen (secondary N) is 1. The van der Waals surface area contributed by atoms with Crippen LogP contribution in [-0.4, -0.2) is 30.8 Å². The van der Waals surface area contributed by atoms with Gasteiger partial charge >= 0.3 is 12.1 Å². The lowest BCUT2D eigenvalue weighted by Crippen LogP contribution is -2.45. The second kappa shape index (κ2) is 8.52. The van der Waals surface area contributed by atoms with E-state index in [1.54, 1.807) is 20.8 Å². The molecule has 1 amide bonds. The van der Waals surface area contributed by atoms with Crippen molar-refractivity contribution in [1.29, 1.82) is 0 Å². The molecule has 0 heterocycles. The van der Waals surface area contributed by atoms with E-state index >= 15 is 0 Å². The van der Waals surface area contributed by atoms with Crippen molar-refractivity contribution in [3.05, 3.63) is 41.5 Å². The van der Waals surface area contributed by atoms with Gasteiger partial charge in [0.05, 0.1) is 7.11 Å². The van der Waals surface area contributed by atoms with Gasteiger partial charge in [-0.15, -0.1) is 0 Å². The molecule has 0 aliphatic rings. The number of ether oxygens (including phenoxy) is 2. The van der Waals surface area contributed by atoms with Gasteiger partial charge in [-0.1, -0.05) is 30.3 Å². The number of rotatable bonds is 5. The average Bonchev–Trinajstić information content (AvgIpc) is 2.51. The van der Waals surface area contributed by atoms with Crippen molar-refractivity contribution in [2.75, 3.05) is 7.11 Å². The summed E-state index contributed by atoms with van der Waals surface area (Å²) in [5.41, 5.74) is 2.60. The summed E-state index contributed by atoms with van der Waals surface area (Å²) in [6.45, 7) is 9.32. The minimum atomic E-state index is -0.793. The smallest absolute Gasteiger partial charge is 0.408 e. The minimum Gasteiger partial charge on any atom is -0.467 e. The van der Waals surface area contributed by atoms with Crippen molar-refractivity contribution >= 4 is 17.6 Å². The van der Waals surface area contributed by atoms with Crippen LogP contribution < -0.4 is 5.32 Å². The monoisotopic (exact) mass is 333 g/mol. The molecule has 0 spiro atoms. The summed E-state index contributed by atoms with van der Waals surface area (Å²) in [7, 11) is 1.30. The van der Waals surface area contributed by atoms with Gasteiger partial charge in [0.1, 0.15) is 11.6 Å². The molecule has 0 aliphatic carbocycles. The Morgan fingerprint density at radius 3 is 2.25 bits per heavy atom. The van der Waals surface area contributed by atoms with Gasteiger partial charge in [-0.3, -0.25) is 0 Å². The van der Waals surface area contributed by atoms with E-state index in [4.69, 9.17) is 9.47 Å². The molecule has 0 saturated carbocycles. The van der Waals surface area contributed by atoms with E-state index in [0.29, 0.717) is 6.42 Å². The van der Waals surface area contributed by atoms with E-state index in [2.05, 4.69) is 5.32 Å². The number of carbonyl (C=O) groups excluding carboxylic acids is 2. The number of methoxy groups -OCH3 is 1. The van der Waals surface area contributed by atoms with Crippen molar-refractivity contribution in [3.8, 4) is 0 Å². The SMILES string of the molecule is C/C=C(\C)c1ccc(C[C@H](NC(=O)OC(C)(C)C)C(=O)OC)cc1. The van der Waals surface area contributed by atoms with Crippen LogP contribution in [-0.2, 0) is 20.7 Å². The zero-order chi connectivity index (χ0) is 18.3. The highest BCUT2D eigenvalue weighted by Gasteiger charge is 2.25. The van der Waals surface area contributed by atoms with Gasteiger partial charge in [0.15, 0.2) is 0 Å². The zero-order valence-electron chi connectivity index (χ0n) is 15.3. The first-order chi connectivity index (χ1) is 11.2. The highest BCUT2D eigenvalue weighted by atomic mass is 16.6. The lowest BCUT2D eigenvalue weighted by atomic mass is 10.0. The van der Waals surface area contributed by atoms with Gasteiger partial charge < -0.3 is 14.8 Å². The van der Waals surface area contributed by atoms with E-state index in [1.807, 2.05) is 44.2 Å². The topological polar surface area (TPSA) is 64.6 Å². The predicted molar refractivity (Wildman–Crippen MR) is 94.6 cm³/mol.